The van der Waals surface area contributed by atoms with E-state index < -0.39 is 23.7 Å². The van der Waals surface area contributed by atoms with Crippen LogP contribution in [0.15, 0.2) is 24.3 Å². The highest BCUT2D eigenvalue weighted by Gasteiger charge is 2.54. The first kappa shape index (κ1) is 15.6. The lowest BCUT2D eigenvalue weighted by Gasteiger charge is -2.59. The van der Waals surface area contributed by atoms with Crippen LogP contribution in [0.5, 0.6) is 0 Å². The molecule has 1 atom stereocenters. The zero-order chi connectivity index (χ0) is 16.9. The topological polar surface area (TPSA) is 69.2 Å². The van der Waals surface area contributed by atoms with Gasteiger partial charge >= 0.3 is 0 Å². The monoisotopic (exact) mass is 330 g/mol. The smallest absolute Gasteiger partial charge is 0.251 e. The maximum atomic E-state index is 13.0. The first-order valence-electron chi connectivity index (χ1n) is 8.72. The number of carbonyl (C=O) groups is 2. The molecule has 5 heteroatoms. The van der Waals surface area contributed by atoms with Gasteiger partial charge < -0.3 is 15.2 Å². The van der Waals surface area contributed by atoms with E-state index in [1.807, 2.05) is 0 Å². The Hall–Kier alpha value is -1.91. The van der Waals surface area contributed by atoms with Gasteiger partial charge in [0, 0.05) is 5.56 Å². The zero-order valence-electron chi connectivity index (χ0n) is 13.5. The fourth-order valence-electron chi connectivity index (χ4n) is 5.81. The van der Waals surface area contributed by atoms with Crippen molar-refractivity contribution in [2.45, 2.75) is 44.6 Å². The van der Waals surface area contributed by atoms with Crippen molar-refractivity contribution < 1.29 is 19.1 Å². The van der Waals surface area contributed by atoms with Gasteiger partial charge in [-0.3, -0.25) is 4.79 Å². The van der Waals surface area contributed by atoms with Crippen LogP contribution in [0.1, 0.15) is 48.9 Å². The molecule has 1 N–H and O–H groups in total. The van der Waals surface area contributed by atoms with E-state index >= 15 is 0 Å². The number of carboxylic acids is 1. The molecule has 0 unspecified atom stereocenters. The summed E-state index contributed by atoms with van der Waals surface area (Å²) >= 11 is 0. The number of halogens is 1. The maximum Gasteiger partial charge on any atom is 0.251 e. The van der Waals surface area contributed by atoms with Crippen LogP contribution < -0.4 is 10.4 Å². The number of carbonyl (C=O) groups excluding carboxylic acids is 2. The second-order valence-electron chi connectivity index (χ2n) is 8.01. The van der Waals surface area contributed by atoms with Crippen molar-refractivity contribution in [3.63, 3.8) is 0 Å². The number of aliphatic carboxylic acids is 1. The molecule has 1 aromatic rings. The lowest BCUT2D eigenvalue weighted by atomic mass is 9.47. The van der Waals surface area contributed by atoms with Crippen molar-refractivity contribution >= 4 is 11.9 Å². The molecule has 0 heterocycles. The second kappa shape index (κ2) is 5.57. The maximum absolute atomic E-state index is 13.0. The number of rotatable bonds is 4. The minimum absolute atomic E-state index is 0.271. The van der Waals surface area contributed by atoms with Gasteiger partial charge in [-0.05, 0) is 86.0 Å². The molecule has 0 saturated heterocycles. The lowest BCUT2D eigenvalue weighted by molar-refractivity contribution is -0.313. The molecule has 4 nitrogen and oxygen atoms in total. The van der Waals surface area contributed by atoms with E-state index in [9.17, 15) is 19.1 Å². The van der Waals surface area contributed by atoms with Crippen molar-refractivity contribution in [1.29, 1.82) is 0 Å². The summed E-state index contributed by atoms with van der Waals surface area (Å²) < 4.78 is 13.0. The van der Waals surface area contributed by atoms with Gasteiger partial charge in [0.05, 0.1) is 12.0 Å². The highest BCUT2D eigenvalue weighted by Crippen LogP contribution is 2.61. The van der Waals surface area contributed by atoms with Crippen molar-refractivity contribution in [3.05, 3.63) is 35.6 Å². The Morgan fingerprint density at radius 1 is 1.04 bits per heavy atom. The average Bonchev–Trinajstić information content (AvgIpc) is 2.51. The van der Waals surface area contributed by atoms with E-state index in [4.69, 9.17) is 0 Å². The summed E-state index contributed by atoms with van der Waals surface area (Å²) in [6.45, 7) is 0. The van der Waals surface area contributed by atoms with E-state index in [2.05, 4.69) is 5.32 Å². The largest absolute Gasteiger partial charge is 0.548 e. The van der Waals surface area contributed by atoms with Crippen molar-refractivity contribution in [3.8, 4) is 0 Å². The van der Waals surface area contributed by atoms with Gasteiger partial charge in [-0.25, -0.2) is 4.39 Å². The Morgan fingerprint density at radius 2 is 1.54 bits per heavy atom. The predicted octanol–water partition coefficient (Wildman–Crippen LogP) is 1.89. The Balaban J connectivity index is 1.57. The summed E-state index contributed by atoms with van der Waals surface area (Å²) in [6.07, 6.45) is 6.19. The van der Waals surface area contributed by atoms with E-state index in [1.165, 1.54) is 43.5 Å². The highest BCUT2D eigenvalue weighted by atomic mass is 19.1. The average molecular weight is 330 g/mol. The lowest BCUT2D eigenvalue weighted by Crippen LogP contribution is -2.62. The minimum Gasteiger partial charge on any atom is -0.548 e. The zero-order valence-corrected chi connectivity index (χ0v) is 13.5. The molecule has 24 heavy (non-hydrogen) atoms. The summed E-state index contributed by atoms with van der Waals surface area (Å²) in [5.74, 6) is -0.348. The third-order valence-electron chi connectivity index (χ3n) is 6.32. The summed E-state index contributed by atoms with van der Waals surface area (Å²) in [5.41, 5.74) is -0.101. The van der Waals surface area contributed by atoms with Crippen molar-refractivity contribution in [2.24, 2.45) is 23.2 Å². The SMILES string of the molecule is O=C(N[C@H](C(=O)[O-])C12CC3CC(CC(C3)C1)C2)c1ccc(F)cc1. The summed E-state index contributed by atoms with van der Waals surface area (Å²) in [7, 11) is 0. The van der Waals surface area contributed by atoms with Gasteiger partial charge in [0.25, 0.3) is 5.91 Å². The van der Waals surface area contributed by atoms with Gasteiger partial charge in [-0.1, -0.05) is 0 Å². The summed E-state index contributed by atoms with van der Waals surface area (Å²) in [6, 6.07) is 4.18. The van der Waals surface area contributed by atoms with Crippen LogP contribution >= 0.6 is 0 Å². The number of nitrogens with one attached hydrogen (secondary N) is 1. The molecule has 0 aromatic heterocycles. The molecule has 1 aromatic carbocycles. The minimum atomic E-state index is -1.20. The molecule has 0 radical (unpaired) electrons. The molecule has 4 aliphatic carbocycles. The molecular weight excluding hydrogens is 309 g/mol. The predicted molar refractivity (Wildman–Crippen MR) is 83.3 cm³/mol. The molecule has 0 spiro atoms. The van der Waals surface area contributed by atoms with E-state index in [-0.39, 0.29) is 11.0 Å². The molecule has 4 saturated carbocycles. The summed E-state index contributed by atoms with van der Waals surface area (Å²) in [5, 5.41) is 14.5. The first-order chi connectivity index (χ1) is 11.4. The Bertz CT molecular complexity index is 634. The van der Waals surface area contributed by atoms with E-state index in [1.54, 1.807) is 0 Å². The fourth-order valence-corrected chi connectivity index (χ4v) is 5.81. The fraction of sp³-hybridized carbons (Fsp3) is 0.579. The number of amides is 1. The van der Waals surface area contributed by atoms with Gasteiger partial charge in [0.1, 0.15) is 5.82 Å². The van der Waals surface area contributed by atoms with Gasteiger partial charge in [0.15, 0.2) is 0 Å². The van der Waals surface area contributed by atoms with Crippen LogP contribution in [-0.2, 0) is 4.79 Å². The highest BCUT2D eigenvalue weighted by molar-refractivity contribution is 5.96. The Kier molecular flexibility index (Phi) is 3.62. The number of hydrogen-bond acceptors (Lipinski definition) is 3. The number of hydrogen-bond donors (Lipinski definition) is 1. The molecule has 5 rings (SSSR count). The first-order valence-corrected chi connectivity index (χ1v) is 8.72. The second-order valence-corrected chi connectivity index (χ2v) is 8.01. The number of carboxylic acid groups (broad SMARTS) is 1. The third-order valence-corrected chi connectivity index (χ3v) is 6.32. The molecular formula is C19H21FNO3-. The quantitative estimate of drug-likeness (QED) is 0.916. The van der Waals surface area contributed by atoms with Crippen LogP contribution in [0, 0.1) is 29.0 Å². The van der Waals surface area contributed by atoms with Gasteiger partial charge in [-0.2, -0.15) is 0 Å². The van der Waals surface area contributed by atoms with E-state index in [0.29, 0.717) is 17.8 Å². The van der Waals surface area contributed by atoms with Crippen LogP contribution in [0.3, 0.4) is 0 Å². The molecule has 0 aliphatic heterocycles. The van der Waals surface area contributed by atoms with Crippen molar-refractivity contribution in [2.75, 3.05) is 0 Å². The van der Waals surface area contributed by atoms with Gasteiger partial charge in [-0.15, -0.1) is 0 Å². The normalized spacial score (nSPS) is 34.8. The molecule has 4 aliphatic rings. The number of benzene rings is 1. The Labute approximate surface area is 140 Å². The Morgan fingerprint density at radius 3 is 2.00 bits per heavy atom. The van der Waals surface area contributed by atoms with Crippen LogP contribution in [0.2, 0.25) is 0 Å². The molecule has 128 valence electrons. The van der Waals surface area contributed by atoms with Crippen LogP contribution in [0.25, 0.3) is 0 Å². The molecule has 4 bridgehead atoms. The van der Waals surface area contributed by atoms with Crippen LogP contribution in [-0.4, -0.2) is 17.9 Å². The summed E-state index contributed by atoms with van der Waals surface area (Å²) in [4.78, 5) is 24.3. The molecule has 1 amide bonds. The van der Waals surface area contributed by atoms with E-state index in [0.717, 1.165) is 19.3 Å². The van der Waals surface area contributed by atoms with Gasteiger partial charge in [0.2, 0.25) is 0 Å². The van der Waals surface area contributed by atoms with Crippen LogP contribution in [0.4, 0.5) is 4.39 Å². The standard InChI is InChI=1S/C19H22FNO3/c20-15-3-1-14(2-4-15)17(22)21-16(18(23)24)19-8-11-5-12(9-19)7-13(6-11)10-19/h1-4,11-13,16H,5-10H2,(H,21,22)(H,23,24)/p-1/t11?,12?,13?,16-,19?/m1/s1. The third kappa shape index (κ3) is 2.60. The van der Waals surface area contributed by atoms with Crippen molar-refractivity contribution in [1.82, 2.24) is 5.32 Å². The molecule has 4 fully saturated rings.